The lowest BCUT2D eigenvalue weighted by molar-refractivity contribution is 0.532. The van der Waals surface area contributed by atoms with Gasteiger partial charge >= 0.3 is 0 Å². The van der Waals surface area contributed by atoms with Crippen molar-refractivity contribution in [3.63, 3.8) is 0 Å². The van der Waals surface area contributed by atoms with Crippen molar-refractivity contribution in [2.75, 3.05) is 7.05 Å². The molecule has 0 bridgehead atoms. The fourth-order valence-electron chi connectivity index (χ4n) is 2.29. The summed E-state index contributed by atoms with van der Waals surface area (Å²) in [6, 6.07) is 18.3. The zero-order chi connectivity index (χ0) is 16.1. The van der Waals surface area contributed by atoms with E-state index in [2.05, 4.69) is 33.6 Å². The lowest BCUT2D eigenvalue weighted by atomic mass is 10.2. The van der Waals surface area contributed by atoms with Crippen LogP contribution in [0, 0.1) is 0 Å². The van der Waals surface area contributed by atoms with Crippen molar-refractivity contribution >= 4 is 34.4 Å². The zero-order valence-corrected chi connectivity index (χ0v) is 13.7. The van der Waals surface area contributed by atoms with Gasteiger partial charge in [-0.15, -0.1) is 0 Å². The van der Waals surface area contributed by atoms with Crippen molar-refractivity contribution in [1.82, 2.24) is 15.3 Å². The van der Waals surface area contributed by atoms with Gasteiger partial charge in [0.15, 0.2) is 5.11 Å². The first-order valence-electron chi connectivity index (χ1n) is 7.39. The SMILES string of the molecule is CN(/N=C/c1c[nH]c2ccccc12)C(=S)NCc1ccccc1. The minimum atomic E-state index is 0.588. The van der Waals surface area contributed by atoms with Gasteiger partial charge in [0, 0.05) is 36.3 Å². The molecule has 116 valence electrons. The Hall–Kier alpha value is -2.66. The number of hydrogen-bond donors (Lipinski definition) is 2. The molecule has 0 spiro atoms. The van der Waals surface area contributed by atoms with Gasteiger partial charge in [-0.3, -0.25) is 0 Å². The molecule has 0 atom stereocenters. The highest BCUT2D eigenvalue weighted by Gasteiger charge is 2.03. The Balaban J connectivity index is 1.61. The predicted molar refractivity (Wildman–Crippen MR) is 99.5 cm³/mol. The summed E-state index contributed by atoms with van der Waals surface area (Å²) in [5.41, 5.74) is 3.32. The van der Waals surface area contributed by atoms with Gasteiger partial charge in [0.25, 0.3) is 0 Å². The van der Waals surface area contributed by atoms with Crippen LogP contribution in [-0.2, 0) is 6.54 Å². The van der Waals surface area contributed by atoms with Crippen LogP contribution in [-0.4, -0.2) is 28.4 Å². The third kappa shape index (κ3) is 3.76. The second kappa shape index (κ2) is 7.07. The first-order valence-corrected chi connectivity index (χ1v) is 7.80. The summed E-state index contributed by atoms with van der Waals surface area (Å²) >= 11 is 5.36. The maximum absolute atomic E-state index is 5.36. The van der Waals surface area contributed by atoms with Crippen molar-refractivity contribution < 1.29 is 0 Å². The molecule has 0 fully saturated rings. The second-order valence-corrected chi connectivity index (χ2v) is 5.59. The summed E-state index contributed by atoms with van der Waals surface area (Å²) in [7, 11) is 1.84. The third-order valence-corrected chi connectivity index (χ3v) is 3.98. The number of H-pyrrole nitrogens is 1. The van der Waals surface area contributed by atoms with Crippen LogP contribution >= 0.6 is 12.2 Å². The van der Waals surface area contributed by atoms with Gasteiger partial charge in [0.1, 0.15) is 0 Å². The maximum Gasteiger partial charge on any atom is 0.189 e. The van der Waals surface area contributed by atoms with E-state index in [4.69, 9.17) is 12.2 Å². The Labute approximate surface area is 140 Å². The van der Waals surface area contributed by atoms with Crippen LogP contribution < -0.4 is 5.32 Å². The molecule has 0 amide bonds. The molecule has 0 radical (unpaired) electrons. The van der Waals surface area contributed by atoms with Crippen LogP contribution in [0.2, 0.25) is 0 Å². The molecule has 23 heavy (non-hydrogen) atoms. The van der Waals surface area contributed by atoms with Crippen molar-refractivity contribution in [3.8, 4) is 0 Å². The monoisotopic (exact) mass is 322 g/mol. The van der Waals surface area contributed by atoms with Crippen molar-refractivity contribution in [2.45, 2.75) is 6.54 Å². The number of aromatic amines is 1. The molecular formula is C18H18N4S. The lowest BCUT2D eigenvalue weighted by Crippen LogP contribution is -2.33. The molecule has 0 aliphatic rings. The van der Waals surface area contributed by atoms with Crippen molar-refractivity contribution in [1.29, 1.82) is 0 Å². The number of para-hydroxylation sites is 1. The van der Waals surface area contributed by atoms with Gasteiger partial charge in [0.05, 0.1) is 6.21 Å². The summed E-state index contributed by atoms with van der Waals surface area (Å²) in [6.07, 6.45) is 3.76. The number of nitrogens with zero attached hydrogens (tertiary/aromatic N) is 2. The molecule has 5 heteroatoms. The molecule has 1 aromatic heterocycles. The van der Waals surface area contributed by atoms with Crippen LogP contribution in [0.15, 0.2) is 65.9 Å². The summed E-state index contributed by atoms with van der Waals surface area (Å²) < 4.78 is 0. The summed E-state index contributed by atoms with van der Waals surface area (Å²) in [5.74, 6) is 0. The molecule has 3 rings (SSSR count). The van der Waals surface area contributed by atoms with Crippen LogP contribution in [0.25, 0.3) is 10.9 Å². The highest BCUT2D eigenvalue weighted by molar-refractivity contribution is 7.80. The molecule has 4 nitrogen and oxygen atoms in total. The molecule has 0 saturated heterocycles. The van der Waals surface area contributed by atoms with Gasteiger partial charge in [-0.25, -0.2) is 5.01 Å². The highest BCUT2D eigenvalue weighted by Crippen LogP contribution is 2.15. The van der Waals surface area contributed by atoms with Gasteiger partial charge in [-0.2, -0.15) is 5.10 Å². The third-order valence-electron chi connectivity index (χ3n) is 3.57. The zero-order valence-electron chi connectivity index (χ0n) is 12.9. The molecule has 0 aliphatic heterocycles. The van der Waals surface area contributed by atoms with Crippen LogP contribution in [0.1, 0.15) is 11.1 Å². The number of fused-ring (bicyclic) bond motifs is 1. The van der Waals surface area contributed by atoms with E-state index in [-0.39, 0.29) is 0 Å². The summed E-state index contributed by atoms with van der Waals surface area (Å²) in [4.78, 5) is 3.23. The highest BCUT2D eigenvalue weighted by atomic mass is 32.1. The molecule has 2 aromatic carbocycles. The molecule has 0 saturated carbocycles. The number of thiocarbonyl (C=S) groups is 1. The van der Waals surface area contributed by atoms with E-state index in [9.17, 15) is 0 Å². The number of aromatic nitrogens is 1. The fraction of sp³-hybridized carbons (Fsp3) is 0.111. The maximum atomic E-state index is 5.36. The Kier molecular flexibility index (Phi) is 4.68. The molecule has 3 aromatic rings. The number of nitrogens with one attached hydrogen (secondary N) is 2. The fourth-order valence-corrected chi connectivity index (χ4v) is 2.41. The first kappa shape index (κ1) is 15.2. The molecule has 0 unspecified atom stereocenters. The first-order chi connectivity index (χ1) is 11.2. The Morgan fingerprint density at radius 2 is 1.91 bits per heavy atom. The van der Waals surface area contributed by atoms with Crippen LogP contribution in [0.4, 0.5) is 0 Å². The molecule has 0 aliphatic carbocycles. The Morgan fingerprint density at radius 1 is 1.17 bits per heavy atom. The van der Waals surface area contributed by atoms with Crippen LogP contribution in [0.3, 0.4) is 0 Å². The van der Waals surface area contributed by atoms with Gasteiger partial charge in [-0.05, 0) is 23.8 Å². The standard InChI is InChI=1S/C18H18N4S/c1-22(18(23)20-11-14-7-3-2-4-8-14)21-13-15-12-19-17-10-6-5-9-16(15)17/h2-10,12-13,19H,11H2,1H3,(H,20,23)/b21-13+. The van der Waals surface area contributed by atoms with E-state index >= 15 is 0 Å². The number of rotatable bonds is 4. The topological polar surface area (TPSA) is 43.4 Å². The number of benzene rings is 2. The predicted octanol–water partition coefficient (Wildman–Crippen LogP) is 3.51. The number of hydrazone groups is 1. The minimum absolute atomic E-state index is 0.588. The Bertz CT molecular complexity index is 823. The summed E-state index contributed by atoms with van der Waals surface area (Å²) in [5, 5.41) is 11.0. The smallest absolute Gasteiger partial charge is 0.189 e. The molecular weight excluding hydrogens is 304 g/mol. The molecule has 2 N–H and O–H groups in total. The van der Waals surface area contributed by atoms with E-state index in [0.717, 1.165) is 16.5 Å². The van der Waals surface area contributed by atoms with Gasteiger partial charge in [-0.1, -0.05) is 48.5 Å². The van der Waals surface area contributed by atoms with E-state index in [0.29, 0.717) is 11.7 Å². The van der Waals surface area contributed by atoms with E-state index in [1.807, 2.05) is 55.9 Å². The number of hydrogen-bond acceptors (Lipinski definition) is 2. The van der Waals surface area contributed by atoms with Crippen LogP contribution in [0.5, 0.6) is 0 Å². The van der Waals surface area contributed by atoms with E-state index in [1.54, 1.807) is 5.01 Å². The van der Waals surface area contributed by atoms with E-state index < -0.39 is 0 Å². The quantitative estimate of drug-likeness (QED) is 0.439. The normalized spacial score (nSPS) is 11.0. The largest absolute Gasteiger partial charge is 0.361 e. The Morgan fingerprint density at radius 3 is 2.74 bits per heavy atom. The van der Waals surface area contributed by atoms with Gasteiger partial charge in [0.2, 0.25) is 0 Å². The average molecular weight is 322 g/mol. The van der Waals surface area contributed by atoms with Crippen molar-refractivity contribution in [3.05, 3.63) is 71.9 Å². The lowest BCUT2D eigenvalue weighted by Gasteiger charge is -2.15. The van der Waals surface area contributed by atoms with Gasteiger partial charge < -0.3 is 10.3 Å². The van der Waals surface area contributed by atoms with E-state index in [1.165, 1.54) is 5.56 Å². The minimum Gasteiger partial charge on any atom is -0.361 e. The second-order valence-electron chi connectivity index (χ2n) is 5.20. The van der Waals surface area contributed by atoms with Crippen molar-refractivity contribution in [2.24, 2.45) is 5.10 Å². The molecule has 1 heterocycles. The average Bonchev–Trinajstić information content (AvgIpc) is 3.01. The summed E-state index contributed by atoms with van der Waals surface area (Å²) in [6.45, 7) is 0.687.